The molecular formula is C16H16O3. The molecule has 3 nitrogen and oxygen atoms in total. The van der Waals surface area contributed by atoms with E-state index < -0.39 is 6.10 Å². The van der Waals surface area contributed by atoms with Gasteiger partial charge in [0.25, 0.3) is 0 Å². The number of hydrogen-bond acceptors (Lipinski definition) is 3. The maximum atomic E-state index is 11.6. The Hall–Kier alpha value is -2.16. The number of fused-ring (bicyclic) bond motifs is 1. The predicted molar refractivity (Wildman–Crippen MR) is 74.7 cm³/mol. The standard InChI is InChI=1S/C16H16O3/c1-10(17)12(3)19-16-9-8-13(11(2)18)14-6-4-5-7-15(14)16/h4-9,12H,1-3H3/t12-/m1/s1. The fraction of sp³-hybridized carbons (Fsp3) is 0.250. The molecule has 0 radical (unpaired) electrons. The molecule has 2 aromatic carbocycles. The fourth-order valence-corrected chi connectivity index (χ4v) is 1.95. The number of Topliss-reactive ketones (excluding diaryl/α,β-unsaturated/α-hetero) is 2. The Morgan fingerprint density at radius 3 is 2.21 bits per heavy atom. The number of ketones is 2. The van der Waals surface area contributed by atoms with Gasteiger partial charge in [0.05, 0.1) is 0 Å². The predicted octanol–water partition coefficient (Wildman–Crippen LogP) is 3.40. The minimum absolute atomic E-state index is 0.0161. The summed E-state index contributed by atoms with van der Waals surface area (Å²) in [5.74, 6) is 0.616. The minimum Gasteiger partial charge on any atom is -0.482 e. The Kier molecular flexibility index (Phi) is 3.65. The lowest BCUT2D eigenvalue weighted by Gasteiger charge is -2.15. The van der Waals surface area contributed by atoms with Crippen LogP contribution in [0, 0.1) is 0 Å². The number of carbonyl (C=O) groups excluding carboxylic acids is 2. The average Bonchev–Trinajstić information content (AvgIpc) is 2.38. The molecule has 19 heavy (non-hydrogen) atoms. The molecule has 0 fully saturated rings. The summed E-state index contributed by atoms with van der Waals surface area (Å²) in [7, 11) is 0. The van der Waals surface area contributed by atoms with Crippen LogP contribution in [0.25, 0.3) is 10.8 Å². The SMILES string of the molecule is CC(=O)c1ccc(O[C@H](C)C(C)=O)c2ccccc12. The summed E-state index contributed by atoms with van der Waals surface area (Å²) in [5.41, 5.74) is 0.665. The number of ether oxygens (including phenoxy) is 1. The normalized spacial score (nSPS) is 12.2. The first-order valence-corrected chi connectivity index (χ1v) is 6.20. The summed E-state index contributed by atoms with van der Waals surface area (Å²) in [4.78, 5) is 22.9. The second-order valence-corrected chi connectivity index (χ2v) is 4.58. The molecule has 0 saturated heterocycles. The van der Waals surface area contributed by atoms with Crippen LogP contribution < -0.4 is 4.74 Å². The molecule has 0 unspecified atom stereocenters. The quantitative estimate of drug-likeness (QED) is 0.787. The third-order valence-electron chi connectivity index (χ3n) is 3.14. The monoisotopic (exact) mass is 256 g/mol. The summed E-state index contributed by atoms with van der Waals surface area (Å²) in [6, 6.07) is 11.0. The van der Waals surface area contributed by atoms with Gasteiger partial charge in [-0.3, -0.25) is 9.59 Å². The third-order valence-corrected chi connectivity index (χ3v) is 3.14. The zero-order valence-corrected chi connectivity index (χ0v) is 11.3. The largest absolute Gasteiger partial charge is 0.482 e. The van der Waals surface area contributed by atoms with E-state index in [1.165, 1.54) is 6.92 Å². The second-order valence-electron chi connectivity index (χ2n) is 4.58. The summed E-state index contributed by atoms with van der Waals surface area (Å²) in [6.45, 7) is 4.76. The fourth-order valence-electron chi connectivity index (χ4n) is 1.95. The van der Waals surface area contributed by atoms with Crippen LogP contribution in [-0.2, 0) is 4.79 Å². The summed E-state index contributed by atoms with van der Waals surface area (Å²) < 4.78 is 5.66. The van der Waals surface area contributed by atoms with Gasteiger partial charge in [-0.2, -0.15) is 0 Å². The minimum atomic E-state index is -0.494. The number of carbonyl (C=O) groups is 2. The summed E-state index contributed by atoms with van der Waals surface area (Å²) in [6.07, 6.45) is -0.494. The van der Waals surface area contributed by atoms with Crippen molar-refractivity contribution >= 4 is 22.3 Å². The van der Waals surface area contributed by atoms with Crippen LogP contribution in [0.2, 0.25) is 0 Å². The van der Waals surface area contributed by atoms with Crippen LogP contribution in [0.15, 0.2) is 36.4 Å². The van der Waals surface area contributed by atoms with Gasteiger partial charge in [-0.05, 0) is 38.3 Å². The molecule has 0 aromatic heterocycles. The van der Waals surface area contributed by atoms with E-state index in [2.05, 4.69) is 0 Å². The molecule has 0 amide bonds. The van der Waals surface area contributed by atoms with Gasteiger partial charge in [-0.15, -0.1) is 0 Å². The molecule has 0 bridgehead atoms. The molecule has 2 rings (SSSR count). The van der Waals surface area contributed by atoms with Crippen LogP contribution in [-0.4, -0.2) is 17.7 Å². The van der Waals surface area contributed by atoms with Crippen LogP contribution in [0.3, 0.4) is 0 Å². The highest BCUT2D eigenvalue weighted by Crippen LogP contribution is 2.29. The molecule has 0 aliphatic heterocycles. The van der Waals surface area contributed by atoms with Crippen LogP contribution in [0.4, 0.5) is 0 Å². The van der Waals surface area contributed by atoms with Gasteiger partial charge in [-0.1, -0.05) is 24.3 Å². The van der Waals surface area contributed by atoms with Crippen molar-refractivity contribution in [1.82, 2.24) is 0 Å². The van der Waals surface area contributed by atoms with Gasteiger partial charge in [-0.25, -0.2) is 0 Å². The van der Waals surface area contributed by atoms with E-state index in [4.69, 9.17) is 4.74 Å². The highest BCUT2D eigenvalue weighted by atomic mass is 16.5. The van der Waals surface area contributed by atoms with Gasteiger partial charge in [0.15, 0.2) is 17.7 Å². The molecule has 2 aromatic rings. The molecule has 98 valence electrons. The molecular weight excluding hydrogens is 240 g/mol. The van der Waals surface area contributed by atoms with Gasteiger partial charge >= 0.3 is 0 Å². The topological polar surface area (TPSA) is 43.4 Å². The molecule has 0 aliphatic rings. The second kappa shape index (κ2) is 5.22. The van der Waals surface area contributed by atoms with Crippen molar-refractivity contribution in [3.8, 4) is 5.75 Å². The lowest BCUT2D eigenvalue weighted by atomic mass is 10.0. The van der Waals surface area contributed by atoms with Gasteiger partial charge in [0.1, 0.15) is 5.75 Å². The highest BCUT2D eigenvalue weighted by molar-refractivity contribution is 6.08. The van der Waals surface area contributed by atoms with Crippen molar-refractivity contribution in [3.63, 3.8) is 0 Å². The van der Waals surface area contributed by atoms with E-state index in [1.54, 1.807) is 26.0 Å². The van der Waals surface area contributed by atoms with Crippen molar-refractivity contribution in [1.29, 1.82) is 0 Å². The molecule has 0 saturated carbocycles. The average molecular weight is 256 g/mol. The Balaban J connectivity index is 2.55. The van der Waals surface area contributed by atoms with Gasteiger partial charge in [0, 0.05) is 10.9 Å². The Morgan fingerprint density at radius 2 is 1.63 bits per heavy atom. The van der Waals surface area contributed by atoms with Crippen LogP contribution in [0.1, 0.15) is 31.1 Å². The van der Waals surface area contributed by atoms with E-state index in [0.29, 0.717) is 11.3 Å². The van der Waals surface area contributed by atoms with E-state index >= 15 is 0 Å². The van der Waals surface area contributed by atoms with Crippen molar-refractivity contribution in [2.24, 2.45) is 0 Å². The molecule has 0 spiro atoms. The Bertz CT molecular complexity index is 643. The van der Waals surface area contributed by atoms with E-state index in [0.717, 1.165) is 10.8 Å². The summed E-state index contributed by atoms with van der Waals surface area (Å²) in [5, 5.41) is 1.70. The maximum absolute atomic E-state index is 11.6. The first-order valence-electron chi connectivity index (χ1n) is 6.20. The molecule has 1 atom stereocenters. The van der Waals surface area contributed by atoms with Crippen molar-refractivity contribution in [3.05, 3.63) is 42.0 Å². The Labute approximate surface area is 112 Å². The molecule has 3 heteroatoms. The van der Waals surface area contributed by atoms with Gasteiger partial charge in [0.2, 0.25) is 0 Å². The maximum Gasteiger partial charge on any atom is 0.169 e. The number of benzene rings is 2. The molecule has 0 aliphatic carbocycles. The lowest BCUT2D eigenvalue weighted by molar-refractivity contribution is -0.122. The van der Waals surface area contributed by atoms with Crippen LogP contribution in [0.5, 0.6) is 5.75 Å². The third kappa shape index (κ3) is 2.65. The molecule has 0 heterocycles. The van der Waals surface area contributed by atoms with E-state index in [1.807, 2.05) is 24.3 Å². The first kappa shape index (κ1) is 13.3. The smallest absolute Gasteiger partial charge is 0.169 e. The van der Waals surface area contributed by atoms with Crippen LogP contribution >= 0.6 is 0 Å². The van der Waals surface area contributed by atoms with E-state index in [-0.39, 0.29) is 11.6 Å². The van der Waals surface area contributed by atoms with Gasteiger partial charge < -0.3 is 4.74 Å². The zero-order valence-electron chi connectivity index (χ0n) is 11.3. The number of rotatable bonds is 4. The molecule has 0 N–H and O–H groups in total. The lowest BCUT2D eigenvalue weighted by Crippen LogP contribution is -2.20. The Morgan fingerprint density at radius 1 is 1.00 bits per heavy atom. The number of hydrogen-bond donors (Lipinski definition) is 0. The highest BCUT2D eigenvalue weighted by Gasteiger charge is 2.14. The van der Waals surface area contributed by atoms with E-state index in [9.17, 15) is 9.59 Å². The van der Waals surface area contributed by atoms with Crippen molar-refractivity contribution in [2.75, 3.05) is 0 Å². The zero-order chi connectivity index (χ0) is 14.0. The summed E-state index contributed by atoms with van der Waals surface area (Å²) >= 11 is 0. The first-order chi connectivity index (χ1) is 9.00. The van der Waals surface area contributed by atoms with Crippen molar-refractivity contribution < 1.29 is 14.3 Å². The van der Waals surface area contributed by atoms with Crippen molar-refractivity contribution in [2.45, 2.75) is 26.9 Å².